The first-order chi connectivity index (χ1) is 41.6. The van der Waals surface area contributed by atoms with Crippen LogP contribution >= 0.6 is 0 Å². The molecule has 0 aliphatic carbocycles. The Bertz CT molecular complexity index is 2000. The molecule has 0 fully saturated rings. The zero-order chi connectivity index (χ0) is 61.9. The van der Waals surface area contributed by atoms with Gasteiger partial charge >= 0.3 is 11.9 Å². The SMILES string of the molecule is CC/C=C\C/C=C\C/C=C\C/C=C\C/C=C\C/C=C\C/C=C\C/C=C\C/C=C\C/C=C\CCCCCCCCCCCCC(=O)OC(COC(=O)CCCCCCCC/C=C\C/C=C\C/C=C\C/C=C\CC)COC(OCC[N+](C)(C)C)C(=O)[O-]. The van der Waals surface area contributed by atoms with Crippen LogP contribution in [-0.4, -0.2) is 82.3 Å². The number of carboxylic acids is 1. The average molecular weight is 1180 g/mol. The van der Waals surface area contributed by atoms with Gasteiger partial charge in [0.25, 0.3) is 0 Å². The molecular weight excluding hydrogens is 1050 g/mol. The normalized spacial score (nSPS) is 13.8. The zero-order valence-electron chi connectivity index (χ0n) is 54.4. The summed E-state index contributed by atoms with van der Waals surface area (Å²) in [6.07, 6.45) is 94.2. The van der Waals surface area contributed by atoms with Crippen molar-refractivity contribution < 1.29 is 42.9 Å². The molecule has 0 aliphatic rings. The second-order valence-electron chi connectivity index (χ2n) is 22.6. The van der Waals surface area contributed by atoms with Gasteiger partial charge in [0.1, 0.15) is 13.2 Å². The Balaban J connectivity index is 4.18. The summed E-state index contributed by atoms with van der Waals surface area (Å²) in [5.41, 5.74) is 0. The summed E-state index contributed by atoms with van der Waals surface area (Å²) in [7, 11) is 5.91. The van der Waals surface area contributed by atoms with E-state index in [1.54, 1.807) is 0 Å². The van der Waals surface area contributed by atoms with Crippen molar-refractivity contribution in [1.29, 1.82) is 0 Å². The van der Waals surface area contributed by atoms with Crippen LogP contribution in [0, 0.1) is 0 Å². The summed E-state index contributed by atoms with van der Waals surface area (Å²) in [5, 5.41) is 11.8. The van der Waals surface area contributed by atoms with Crippen molar-refractivity contribution in [2.45, 2.75) is 245 Å². The highest BCUT2D eigenvalue weighted by Gasteiger charge is 2.22. The number of carboxylic acid groups (broad SMARTS) is 1. The molecule has 478 valence electrons. The Labute approximate surface area is 520 Å². The van der Waals surface area contributed by atoms with Gasteiger partial charge < -0.3 is 33.3 Å². The molecule has 0 saturated carbocycles. The average Bonchev–Trinajstić information content (AvgIpc) is 3.49. The summed E-state index contributed by atoms with van der Waals surface area (Å²) >= 11 is 0. The van der Waals surface area contributed by atoms with Crippen molar-refractivity contribution in [3.8, 4) is 0 Å². The Morgan fingerprint density at radius 1 is 0.353 bits per heavy atom. The molecule has 0 rings (SSSR count). The lowest BCUT2D eigenvalue weighted by molar-refractivity contribution is -0.870. The van der Waals surface area contributed by atoms with E-state index >= 15 is 0 Å². The maximum Gasteiger partial charge on any atom is 0.306 e. The summed E-state index contributed by atoms with van der Waals surface area (Å²) in [6.45, 7) is 4.48. The third-order valence-corrected chi connectivity index (χ3v) is 13.5. The van der Waals surface area contributed by atoms with Crippen molar-refractivity contribution in [2.24, 2.45) is 0 Å². The number of hydrogen-bond acceptors (Lipinski definition) is 8. The maximum absolute atomic E-state index is 12.9. The molecule has 9 heteroatoms. The molecule has 0 aromatic carbocycles. The number of carbonyl (C=O) groups excluding carboxylic acids is 3. The van der Waals surface area contributed by atoms with Crippen molar-refractivity contribution in [2.75, 3.05) is 47.5 Å². The number of allylic oxidation sites excluding steroid dienone is 28. The van der Waals surface area contributed by atoms with E-state index in [4.69, 9.17) is 18.9 Å². The molecule has 2 unspecified atom stereocenters. The van der Waals surface area contributed by atoms with Crippen LogP contribution in [0.4, 0.5) is 0 Å². The monoisotopic (exact) mass is 1180 g/mol. The van der Waals surface area contributed by atoms with Crippen LogP contribution in [0.15, 0.2) is 170 Å². The highest BCUT2D eigenvalue weighted by molar-refractivity contribution is 5.70. The molecule has 0 aromatic heterocycles. The van der Waals surface area contributed by atoms with Gasteiger partial charge in [-0.05, 0) is 128 Å². The predicted octanol–water partition coefficient (Wildman–Crippen LogP) is 19.3. The van der Waals surface area contributed by atoms with Crippen LogP contribution in [-0.2, 0) is 33.3 Å². The first-order valence-electron chi connectivity index (χ1n) is 33.3. The molecule has 85 heavy (non-hydrogen) atoms. The third-order valence-electron chi connectivity index (χ3n) is 13.5. The minimum Gasteiger partial charge on any atom is -0.545 e. The standard InChI is InChI=1S/C76H121NO8/c1-6-8-10-12-14-16-18-20-22-24-26-27-28-29-30-31-32-33-34-35-36-37-38-39-40-41-42-43-44-45-46-47-49-51-53-55-57-59-61-63-65-67-74(79)85-72(71-84-76(75(80)81)82-69-68-77(3,4)5)70-83-73(78)66-64-62-60-58-56-54-52-50-48-25-23-21-19-17-15-13-11-9-7-2/h8-11,14-17,20-23,26-27,29-30,32-33,35-36,38-39,41-42,44-45,48,50,72,76H,6-7,12-13,18-19,24-25,28,31,34,37,40,43,46-47,49,51-71H2,1-5H3/b10-8-,11-9-,16-14-,17-15-,22-20-,23-21-,27-26-,30-29-,33-32-,36-35-,39-38-,42-41-,45-44-,50-48-. The van der Waals surface area contributed by atoms with Crippen LogP contribution in [0.1, 0.15) is 232 Å². The number of ether oxygens (including phenoxy) is 4. The van der Waals surface area contributed by atoms with E-state index < -0.39 is 24.3 Å². The Hall–Kier alpha value is -5.35. The largest absolute Gasteiger partial charge is 0.545 e. The van der Waals surface area contributed by atoms with Gasteiger partial charge in [0.2, 0.25) is 0 Å². The van der Waals surface area contributed by atoms with Crippen LogP contribution in [0.5, 0.6) is 0 Å². The first-order valence-corrected chi connectivity index (χ1v) is 33.3. The number of nitrogens with zero attached hydrogens (tertiary/aromatic N) is 1. The summed E-state index contributed by atoms with van der Waals surface area (Å²) < 4.78 is 22.7. The van der Waals surface area contributed by atoms with E-state index in [9.17, 15) is 19.5 Å². The lowest BCUT2D eigenvalue weighted by atomic mass is 10.0. The molecule has 0 saturated heterocycles. The molecule has 9 nitrogen and oxygen atoms in total. The second-order valence-corrected chi connectivity index (χ2v) is 22.6. The topological polar surface area (TPSA) is 111 Å². The first kappa shape index (κ1) is 79.7. The highest BCUT2D eigenvalue weighted by atomic mass is 16.7. The van der Waals surface area contributed by atoms with Crippen LogP contribution < -0.4 is 5.11 Å². The molecule has 2 atom stereocenters. The number of rotatable bonds is 59. The van der Waals surface area contributed by atoms with Gasteiger partial charge in [-0.25, -0.2) is 0 Å². The fraction of sp³-hybridized carbons (Fsp3) is 0.592. The zero-order valence-corrected chi connectivity index (χ0v) is 54.4. The van der Waals surface area contributed by atoms with Crippen LogP contribution in [0.2, 0.25) is 0 Å². The quantitative estimate of drug-likeness (QED) is 0.0195. The van der Waals surface area contributed by atoms with Crippen LogP contribution in [0.3, 0.4) is 0 Å². The number of likely N-dealkylation sites (N-methyl/N-ethyl adjacent to an activating group) is 1. The summed E-state index contributed by atoms with van der Waals surface area (Å²) in [6, 6.07) is 0. The lowest BCUT2D eigenvalue weighted by Crippen LogP contribution is -2.44. The van der Waals surface area contributed by atoms with E-state index in [-0.39, 0.29) is 38.6 Å². The van der Waals surface area contributed by atoms with Crippen molar-refractivity contribution in [3.63, 3.8) is 0 Å². The smallest absolute Gasteiger partial charge is 0.306 e. The van der Waals surface area contributed by atoms with Gasteiger partial charge in [-0.3, -0.25) is 9.59 Å². The maximum atomic E-state index is 12.9. The number of esters is 2. The van der Waals surface area contributed by atoms with Crippen LogP contribution in [0.25, 0.3) is 0 Å². The van der Waals surface area contributed by atoms with E-state index in [0.29, 0.717) is 23.9 Å². The molecule has 0 amide bonds. The lowest BCUT2D eigenvalue weighted by Gasteiger charge is -2.26. The molecule has 0 heterocycles. The van der Waals surface area contributed by atoms with Gasteiger partial charge in [0.15, 0.2) is 12.4 Å². The number of hydrogen-bond donors (Lipinski definition) is 0. The molecule has 0 N–H and O–H groups in total. The molecule has 0 spiro atoms. The van der Waals surface area contributed by atoms with Gasteiger partial charge in [-0.2, -0.15) is 0 Å². The number of quaternary nitrogens is 1. The summed E-state index contributed by atoms with van der Waals surface area (Å²) in [5.74, 6) is -2.32. The minimum atomic E-state index is -1.64. The number of aliphatic carboxylic acids is 1. The number of carbonyl (C=O) groups is 3. The molecule has 0 bridgehead atoms. The Morgan fingerprint density at radius 3 is 0.941 bits per heavy atom. The van der Waals surface area contributed by atoms with Gasteiger partial charge in [-0.1, -0.05) is 261 Å². The fourth-order valence-corrected chi connectivity index (χ4v) is 8.44. The van der Waals surface area contributed by atoms with Crippen molar-refractivity contribution in [3.05, 3.63) is 170 Å². The van der Waals surface area contributed by atoms with Gasteiger partial charge in [-0.15, -0.1) is 0 Å². The minimum absolute atomic E-state index is 0.136. The molecule has 0 aromatic rings. The van der Waals surface area contributed by atoms with Gasteiger partial charge in [0, 0.05) is 12.8 Å². The second kappa shape index (κ2) is 64.6. The molecule has 0 radical (unpaired) electrons. The molecular formula is C76H121NO8. The van der Waals surface area contributed by atoms with E-state index in [2.05, 4.69) is 184 Å². The number of unbranched alkanes of at least 4 members (excludes halogenated alkanes) is 16. The highest BCUT2D eigenvalue weighted by Crippen LogP contribution is 2.15. The Morgan fingerprint density at radius 2 is 0.635 bits per heavy atom. The van der Waals surface area contributed by atoms with Gasteiger partial charge in [0.05, 0.1) is 40.3 Å². The third kappa shape index (κ3) is 66.0. The van der Waals surface area contributed by atoms with E-state index in [1.807, 2.05) is 21.1 Å². The van der Waals surface area contributed by atoms with E-state index in [0.717, 1.165) is 154 Å². The predicted molar refractivity (Wildman–Crippen MR) is 361 cm³/mol. The summed E-state index contributed by atoms with van der Waals surface area (Å²) in [4.78, 5) is 37.4. The van der Waals surface area contributed by atoms with E-state index in [1.165, 1.54) is 38.5 Å². The molecule has 0 aliphatic heterocycles. The fourth-order valence-electron chi connectivity index (χ4n) is 8.44. The van der Waals surface area contributed by atoms with Crippen molar-refractivity contribution in [1.82, 2.24) is 0 Å². The Kier molecular flexibility index (Phi) is 60.6. The van der Waals surface area contributed by atoms with Crippen molar-refractivity contribution >= 4 is 17.9 Å².